The van der Waals surface area contributed by atoms with Crippen LogP contribution >= 0.6 is 23.5 Å². The van der Waals surface area contributed by atoms with Crippen LogP contribution in [0.3, 0.4) is 0 Å². The van der Waals surface area contributed by atoms with E-state index < -0.39 is 45.7 Å². The van der Waals surface area contributed by atoms with Crippen LogP contribution in [0.25, 0.3) is 0 Å². The summed E-state index contributed by atoms with van der Waals surface area (Å²) in [6, 6.07) is 61.4. The summed E-state index contributed by atoms with van der Waals surface area (Å²) < 4.78 is -2.29. The number of carbonyl (C=O) groups is 6. The number of hydrogen-bond donors (Lipinski definition) is 8. The zero-order valence-corrected chi connectivity index (χ0v) is 42.7. The molecule has 0 bridgehead atoms. The number of amides is 6. The van der Waals surface area contributed by atoms with Crippen molar-refractivity contribution in [1.82, 2.24) is 31.1 Å². The molecule has 7 aromatic rings. The smallest absolute Gasteiger partial charge is 0.404 e. The van der Waals surface area contributed by atoms with Crippen LogP contribution in [0.5, 0.6) is 0 Å². The number of carbonyl (C=O) groups excluding carboxylic acids is 2. The van der Waals surface area contributed by atoms with Gasteiger partial charge in [-0.2, -0.15) is 0 Å². The average Bonchev–Trinajstić information content (AvgIpc) is 3.48. The third-order valence-electron chi connectivity index (χ3n) is 12.4. The van der Waals surface area contributed by atoms with Gasteiger partial charge in [0.1, 0.15) is 0 Å². The van der Waals surface area contributed by atoms with Crippen molar-refractivity contribution in [2.75, 3.05) is 52.4 Å². The van der Waals surface area contributed by atoms with Crippen molar-refractivity contribution in [3.63, 3.8) is 0 Å². The summed E-state index contributed by atoms with van der Waals surface area (Å²) in [5.74, 6) is -1.22. The van der Waals surface area contributed by atoms with E-state index in [1.807, 2.05) is 182 Å². The predicted octanol–water partition coefficient (Wildman–Crippen LogP) is 9.81. The summed E-state index contributed by atoms with van der Waals surface area (Å²) in [6.07, 6.45) is -5.30. The zero-order valence-electron chi connectivity index (χ0n) is 41.1. The van der Waals surface area contributed by atoms with Crippen LogP contribution in [0.2, 0.25) is 0 Å². The number of rotatable bonds is 24. The number of carboxylic acid groups (broad SMARTS) is 4. The molecule has 0 saturated carbocycles. The van der Waals surface area contributed by atoms with E-state index in [0.29, 0.717) is 9.79 Å². The highest BCUT2D eigenvalue weighted by atomic mass is 32.2. The Morgan fingerprint density at radius 1 is 0.342 bits per heavy atom. The Balaban J connectivity index is 1.60. The van der Waals surface area contributed by atoms with Crippen molar-refractivity contribution in [1.29, 1.82) is 0 Å². The lowest BCUT2D eigenvalue weighted by atomic mass is 9.84. The minimum absolute atomic E-state index is 0.0941. The molecule has 0 radical (unpaired) electrons. The lowest BCUT2D eigenvalue weighted by molar-refractivity contribution is 0.0740. The van der Waals surface area contributed by atoms with Crippen molar-refractivity contribution >= 4 is 59.7 Å². The van der Waals surface area contributed by atoms with Crippen LogP contribution < -0.4 is 21.3 Å². The monoisotopic (exact) mass is 1060 g/mol. The molecule has 7 aromatic carbocycles. The molecule has 7 rings (SSSR count). The molecule has 0 aliphatic rings. The molecule has 0 atom stereocenters. The third kappa shape index (κ3) is 13.5. The first kappa shape index (κ1) is 55.0. The van der Waals surface area contributed by atoms with Gasteiger partial charge >= 0.3 is 24.4 Å². The maximum atomic E-state index is 15.9. The van der Waals surface area contributed by atoms with E-state index in [9.17, 15) is 39.6 Å². The van der Waals surface area contributed by atoms with Gasteiger partial charge in [-0.1, -0.05) is 182 Å². The standard InChI is InChI=1S/C58H56N6O10S2/c65-51(63(35-31-59-53(67)68)36-32-60-54(69)70)47-40-50(76-58(44-25-13-4-14-26-44,45-27-15-5-16-28-45)46-29-17-6-18-30-46)48(52(66)64(37-33-61-55(71)72)38-34-62-56(73)74)39-49(47)75-57(41-19-7-1-8-20-41,42-21-9-2-10-22-42)43-23-11-3-12-24-43/h1-30,39-40,59-62H,31-38H2,(H,67,68)(H,69,70)(H,71,72)(H,73,74). The molecule has 0 aliphatic heterocycles. The van der Waals surface area contributed by atoms with Crippen molar-refractivity contribution < 1.29 is 49.2 Å². The van der Waals surface area contributed by atoms with Crippen LogP contribution in [-0.2, 0) is 9.49 Å². The lowest BCUT2D eigenvalue weighted by Crippen LogP contribution is -2.43. The number of benzene rings is 7. The SMILES string of the molecule is O=C(O)NCCN(CCNC(=O)O)C(=O)c1cc(SC(c2ccccc2)(c2ccccc2)c2ccccc2)c(C(=O)N(CCNC(=O)O)CCNC(=O)O)cc1SC(c1ccccc1)(c1ccccc1)c1ccccc1. The minimum Gasteiger partial charge on any atom is -0.465 e. The van der Waals surface area contributed by atoms with Gasteiger partial charge in [-0.3, -0.25) is 9.59 Å². The molecule has 0 aromatic heterocycles. The van der Waals surface area contributed by atoms with E-state index in [1.165, 1.54) is 33.3 Å². The van der Waals surface area contributed by atoms with Crippen LogP contribution in [0.1, 0.15) is 54.1 Å². The van der Waals surface area contributed by atoms with E-state index in [0.717, 1.165) is 33.4 Å². The molecule has 390 valence electrons. The van der Waals surface area contributed by atoms with Gasteiger partial charge in [0.15, 0.2) is 0 Å². The second kappa shape index (κ2) is 26.5. The van der Waals surface area contributed by atoms with E-state index >= 15 is 9.59 Å². The second-order valence-electron chi connectivity index (χ2n) is 17.1. The quantitative estimate of drug-likeness (QED) is 0.0209. The van der Waals surface area contributed by atoms with Crippen LogP contribution in [0.15, 0.2) is 204 Å². The Labute approximate surface area is 448 Å². The zero-order chi connectivity index (χ0) is 53.9. The number of hydrogen-bond acceptors (Lipinski definition) is 8. The first-order valence-electron chi connectivity index (χ1n) is 24.2. The maximum absolute atomic E-state index is 15.9. The van der Waals surface area contributed by atoms with Gasteiger partial charge in [-0.25, -0.2) is 19.2 Å². The van der Waals surface area contributed by atoms with Crippen molar-refractivity contribution in [3.05, 3.63) is 239 Å². The lowest BCUT2D eigenvalue weighted by Gasteiger charge is -2.38. The fourth-order valence-electron chi connectivity index (χ4n) is 8.95. The second-order valence-corrected chi connectivity index (χ2v) is 19.6. The Morgan fingerprint density at radius 3 is 0.724 bits per heavy atom. The molecule has 0 saturated heterocycles. The minimum atomic E-state index is -1.33. The van der Waals surface area contributed by atoms with E-state index in [2.05, 4.69) is 21.3 Å². The maximum Gasteiger partial charge on any atom is 0.404 e. The summed E-state index contributed by atoms with van der Waals surface area (Å²) in [6.45, 7) is -1.54. The molecular formula is C58H56N6O10S2. The fourth-order valence-corrected chi connectivity index (χ4v) is 12.0. The summed E-state index contributed by atoms with van der Waals surface area (Å²) in [4.78, 5) is 82.3. The van der Waals surface area contributed by atoms with Gasteiger partial charge in [0, 0.05) is 62.1 Å². The van der Waals surface area contributed by atoms with Gasteiger partial charge in [0.2, 0.25) is 0 Å². The van der Waals surface area contributed by atoms with E-state index in [4.69, 9.17) is 0 Å². The predicted molar refractivity (Wildman–Crippen MR) is 292 cm³/mol. The highest BCUT2D eigenvalue weighted by molar-refractivity contribution is 8.01. The molecule has 0 unspecified atom stereocenters. The Kier molecular flexibility index (Phi) is 19.2. The largest absolute Gasteiger partial charge is 0.465 e. The Morgan fingerprint density at radius 2 is 0.539 bits per heavy atom. The summed E-state index contributed by atoms with van der Waals surface area (Å²) >= 11 is 2.60. The van der Waals surface area contributed by atoms with Crippen molar-refractivity contribution in [2.24, 2.45) is 0 Å². The topological polar surface area (TPSA) is 238 Å². The molecule has 16 nitrogen and oxygen atoms in total. The number of nitrogens with zero attached hydrogens (tertiary/aromatic N) is 2. The summed E-state index contributed by atoms with van der Waals surface area (Å²) in [5.41, 5.74) is 5.06. The van der Waals surface area contributed by atoms with Crippen molar-refractivity contribution in [3.8, 4) is 0 Å². The molecule has 0 spiro atoms. The number of thioether (sulfide) groups is 2. The molecule has 18 heteroatoms. The average molecular weight is 1060 g/mol. The molecule has 8 N–H and O–H groups in total. The molecule has 0 heterocycles. The van der Waals surface area contributed by atoms with Crippen molar-refractivity contribution in [2.45, 2.75) is 19.3 Å². The van der Waals surface area contributed by atoms with Gasteiger partial charge in [-0.05, 0) is 45.5 Å². The van der Waals surface area contributed by atoms with Gasteiger partial charge in [0.05, 0.1) is 20.6 Å². The van der Waals surface area contributed by atoms with Crippen LogP contribution in [0.4, 0.5) is 19.2 Å². The van der Waals surface area contributed by atoms with E-state index in [1.54, 1.807) is 12.1 Å². The number of nitrogens with one attached hydrogen (secondary N) is 4. The highest BCUT2D eigenvalue weighted by Crippen LogP contribution is 2.56. The van der Waals surface area contributed by atoms with Gasteiger partial charge < -0.3 is 51.5 Å². The molecule has 76 heavy (non-hydrogen) atoms. The highest BCUT2D eigenvalue weighted by Gasteiger charge is 2.42. The first-order chi connectivity index (χ1) is 36.8. The summed E-state index contributed by atoms with van der Waals surface area (Å²) in [7, 11) is 0. The van der Waals surface area contributed by atoms with Crippen LogP contribution in [-0.4, -0.2) is 119 Å². The normalized spacial score (nSPS) is 11.2. The molecule has 0 fully saturated rings. The molecule has 6 amide bonds. The first-order valence-corrected chi connectivity index (χ1v) is 25.8. The Bertz CT molecular complexity index is 2630. The summed E-state index contributed by atoms with van der Waals surface area (Å²) in [5, 5.41) is 47.8. The molecular weight excluding hydrogens is 1000 g/mol. The third-order valence-corrected chi connectivity index (χ3v) is 15.5. The fraction of sp³-hybridized carbons (Fsp3) is 0.172. The molecule has 0 aliphatic carbocycles. The van der Waals surface area contributed by atoms with E-state index in [-0.39, 0.29) is 63.5 Å². The Hall–Kier alpha value is -8.74. The van der Waals surface area contributed by atoms with Gasteiger partial charge in [-0.15, -0.1) is 23.5 Å². The van der Waals surface area contributed by atoms with Gasteiger partial charge in [0.25, 0.3) is 11.8 Å². The van der Waals surface area contributed by atoms with Crippen LogP contribution in [0, 0.1) is 0 Å².